The Morgan fingerprint density at radius 2 is 1.52 bits per heavy atom. The van der Waals surface area contributed by atoms with Crippen LogP contribution in [0, 0.1) is 0 Å². The van der Waals surface area contributed by atoms with Crippen LogP contribution in [-0.4, -0.2) is 9.97 Å². The Balaban J connectivity index is 1.71. The standard InChI is InChI=1S/C22H19ClN4/c1-15(16-9-3-2-4-10-16)24-21-17-11-5-7-13-19(17)25-22(27-21)26-20-14-8-6-12-18(20)23/h2-15H,1H3,(H2,24,25,26,27). The molecule has 4 rings (SSSR count). The van der Waals surface area contributed by atoms with Crippen LogP contribution >= 0.6 is 11.6 Å². The normalized spacial score (nSPS) is 11.9. The van der Waals surface area contributed by atoms with E-state index in [1.54, 1.807) is 0 Å². The largest absolute Gasteiger partial charge is 0.363 e. The van der Waals surface area contributed by atoms with Crippen LogP contribution in [0.15, 0.2) is 78.9 Å². The molecule has 134 valence electrons. The van der Waals surface area contributed by atoms with Gasteiger partial charge in [-0.25, -0.2) is 4.98 Å². The number of rotatable bonds is 5. The van der Waals surface area contributed by atoms with Gasteiger partial charge in [0.25, 0.3) is 0 Å². The fraction of sp³-hybridized carbons (Fsp3) is 0.0909. The minimum atomic E-state index is 0.109. The maximum absolute atomic E-state index is 6.26. The zero-order valence-corrected chi connectivity index (χ0v) is 15.6. The van der Waals surface area contributed by atoms with Crippen LogP contribution in [0.3, 0.4) is 0 Å². The first-order chi connectivity index (χ1) is 13.2. The summed E-state index contributed by atoms with van der Waals surface area (Å²) in [5.74, 6) is 1.29. The highest BCUT2D eigenvalue weighted by Gasteiger charge is 2.12. The molecule has 1 aromatic heterocycles. The second-order valence-corrected chi connectivity index (χ2v) is 6.70. The molecule has 0 bridgehead atoms. The summed E-state index contributed by atoms with van der Waals surface area (Å²) in [5, 5.41) is 8.34. The molecule has 0 aliphatic rings. The van der Waals surface area contributed by atoms with E-state index < -0.39 is 0 Å². The van der Waals surface area contributed by atoms with E-state index >= 15 is 0 Å². The van der Waals surface area contributed by atoms with Crippen molar-refractivity contribution >= 4 is 40.0 Å². The predicted octanol–water partition coefficient (Wildman–Crippen LogP) is 6.20. The number of benzene rings is 3. The van der Waals surface area contributed by atoms with Crippen molar-refractivity contribution < 1.29 is 0 Å². The molecule has 27 heavy (non-hydrogen) atoms. The summed E-state index contributed by atoms with van der Waals surface area (Å²) in [6.07, 6.45) is 0. The van der Waals surface area contributed by atoms with Crippen molar-refractivity contribution in [3.8, 4) is 0 Å². The van der Waals surface area contributed by atoms with E-state index in [4.69, 9.17) is 16.6 Å². The van der Waals surface area contributed by atoms with Gasteiger partial charge >= 0.3 is 0 Å². The summed E-state index contributed by atoms with van der Waals surface area (Å²) in [4.78, 5) is 9.34. The maximum atomic E-state index is 6.26. The number of hydrogen-bond acceptors (Lipinski definition) is 4. The molecule has 0 aliphatic carbocycles. The monoisotopic (exact) mass is 374 g/mol. The van der Waals surface area contributed by atoms with Gasteiger partial charge in [0.05, 0.1) is 16.2 Å². The second-order valence-electron chi connectivity index (χ2n) is 6.29. The van der Waals surface area contributed by atoms with Gasteiger partial charge in [-0.05, 0) is 36.8 Å². The third kappa shape index (κ3) is 3.86. The average Bonchev–Trinajstić information content (AvgIpc) is 2.70. The van der Waals surface area contributed by atoms with Crippen LogP contribution in [-0.2, 0) is 0 Å². The Morgan fingerprint density at radius 1 is 0.815 bits per heavy atom. The van der Waals surface area contributed by atoms with Crippen molar-refractivity contribution in [2.45, 2.75) is 13.0 Å². The highest BCUT2D eigenvalue weighted by molar-refractivity contribution is 6.33. The van der Waals surface area contributed by atoms with Crippen LogP contribution in [0.2, 0.25) is 5.02 Å². The van der Waals surface area contributed by atoms with Crippen molar-refractivity contribution in [1.82, 2.24) is 9.97 Å². The second kappa shape index (κ2) is 7.64. The molecule has 1 heterocycles. The zero-order chi connectivity index (χ0) is 18.6. The molecule has 4 nitrogen and oxygen atoms in total. The Kier molecular flexibility index (Phi) is 4.90. The van der Waals surface area contributed by atoms with Gasteiger partial charge in [-0.15, -0.1) is 0 Å². The summed E-state index contributed by atoms with van der Waals surface area (Å²) in [6.45, 7) is 2.12. The lowest BCUT2D eigenvalue weighted by atomic mass is 10.1. The topological polar surface area (TPSA) is 49.8 Å². The van der Waals surface area contributed by atoms with Crippen LogP contribution in [0.1, 0.15) is 18.5 Å². The molecular formula is C22H19ClN4. The van der Waals surface area contributed by atoms with E-state index in [2.05, 4.69) is 34.7 Å². The summed E-state index contributed by atoms with van der Waals surface area (Å²) >= 11 is 6.26. The Labute approximate surface area is 163 Å². The first kappa shape index (κ1) is 17.3. The third-order valence-electron chi connectivity index (χ3n) is 4.38. The van der Waals surface area contributed by atoms with Crippen LogP contribution in [0.4, 0.5) is 17.5 Å². The fourth-order valence-corrected chi connectivity index (χ4v) is 3.14. The smallest absolute Gasteiger partial charge is 0.229 e. The van der Waals surface area contributed by atoms with Crippen molar-refractivity contribution in [2.24, 2.45) is 0 Å². The Hall–Kier alpha value is -3.11. The van der Waals surface area contributed by atoms with Gasteiger partial charge in [-0.2, -0.15) is 4.98 Å². The first-order valence-corrected chi connectivity index (χ1v) is 9.18. The lowest BCUT2D eigenvalue weighted by Gasteiger charge is -2.17. The number of nitrogens with one attached hydrogen (secondary N) is 2. The molecule has 0 saturated carbocycles. The van der Waals surface area contributed by atoms with E-state index in [1.165, 1.54) is 5.56 Å². The Morgan fingerprint density at radius 3 is 2.33 bits per heavy atom. The Bertz CT molecular complexity index is 1070. The van der Waals surface area contributed by atoms with Gasteiger partial charge in [0.2, 0.25) is 5.95 Å². The number of fused-ring (bicyclic) bond motifs is 1. The number of nitrogens with zero attached hydrogens (tertiary/aromatic N) is 2. The minimum Gasteiger partial charge on any atom is -0.363 e. The van der Waals surface area contributed by atoms with E-state index in [0.717, 1.165) is 22.4 Å². The van der Waals surface area contributed by atoms with E-state index in [9.17, 15) is 0 Å². The molecule has 1 unspecified atom stereocenters. The van der Waals surface area contributed by atoms with Crippen LogP contribution in [0.5, 0.6) is 0 Å². The average molecular weight is 375 g/mol. The quantitative estimate of drug-likeness (QED) is 0.436. The van der Waals surface area contributed by atoms with Crippen molar-refractivity contribution in [2.75, 3.05) is 10.6 Å². The molecule has 3 aromatic carbocycles. The van der Waals surface area contributed by atoms with Gasteiger partial charge in [0.1, 0.15) is 5.82 Å². The van der Waals surface area contributed by atoms with Crippen molar-refractivity contribution in [3.63, 3.8) is 0 Å². The van der Waals surface area contributed by atoms with Crippen LogP contribution in [0.25, 0.3) is 10.9 Å². The van der Waals surface area contributed by atoms with E-state index in [1.807, 2.05) is 66.7 Å². The van der Waals surface area contributed by atoms with E-state index in [0.29, 0.717) is 11.0 Å². The SMILES string of the molecule is CC(Nc1nc(Nc2ccccc2Cl)nc2ccccc12)c1ccccc1. The highest BCUT2D eigenvalue weighted by Crippen LogP contribution is 2.28. The summed E-state index contributed by atoms with van der Waals surface area (Å²) in [7, 11) is 0. The summed E-state index contributed by atoms with van der Waals surface area (Å²) in [5.41, 5.74) is 2.84. The number of anilines is 3. The number of aromatic nitrogens is 2. The van der Waals surface area contributed by atoms with Gasteiger partial charge < -0.3 is 10.6 Å². The molecule has 4 aromatic rings. The van der Waals surface area contributed by atoms with Crippen LogP contribution < -0.4 is 10.6 Å². The van der Waals surface area contributed by atoms with Gasteiger partial charge in [0.15, 0.2) is 0 Å². The molecule has 5 heteroatoms. The number of hydrogen-bond donors (Lipinski definition) is 2. The fourth-order valence-electron chi connectivity index (χ4n) is 2.96. The molecule has 0 amide bonds. The summed E-state index contributed by atoms with van der Waals surface area (Å²) < 4.78 is 0. The van der Waals surface area contributed by atoms with E-state index in [-0.39, 0.29) is 6.04 Å². The molecular weight excluding hydrogens is 356 g/mol. The predicted molar refractivity (Wildman–Crippen MR) is 113 cm³/mol. The molecule has 0 aliphatic heterocycles. The first-order valence-electron chi connectivity index (χ1n) is 8.80. The number of para-hydroxylation sites is 2. The van der Waals surface area contributed by atoms with Crippen molar-refractivity contribution in [1.29, 1.82) is 0 Å². The molecule has 0 radical (unpaired) electrons. The van der Waals surface area contributed by atoms with Gasteiger partial charge in [-0.1, -0.05) is 66.2 Å². The lowest BCUT2D eigenvalue weighted by molar-refractivity contribution is 0.876. The minimum absolute atomic E-state index is 0.109. The van der Waals surface area contributed by atoms with Crippen molar-refractivity contribution in [3.05, 3.63) is 89.4 Å². The van der Waals surface area contributed by atoms with Gasteiger partial charge in [-0.3, -0.25) is 0 Å². The number of halogens is 1. The molecule has 0 spiro atoms. The molecule has 1 atom stereocenters. The maximum Gasteiger partial charge on any atom is 0.229 e. The van der Waals surface area contributed by atoms with Gasteiger partial charge in [0, 0.05) is 11.4 Å². The third-order valence-corrected chi connectivity index (χ3v) is 4.71. The molecule has 0 fully saturated rings. The molecule has 0 saturated heterocycles. The molecule has 2 N–H and O–H groups in total. The summed E-state index contributed by atoms with van der Waals surface area (Å²) in [6, 6.07) is 25.9. The zero-order valence-electron chi connectivity index (χ0n) is 14.9. The lowest BCUT2D eigenvalue weighted by Crippen LogP contribution is -2.10. The highest BCUT2D eigenvalue weighted by atomic mass is 35.5.